The Morgan fingerprint density at radius 2 is 1.93 bits per heavy atom. The van der Waals surface area contributed by atoms with Gasteiger partial charge in [-0.05, 0) is 46.1 Å². The molecule has 1 aliphatic heterocycles. The van der Waals surface area contributed by atoms with Crippen LogP contribution in [0.3, 0.4) is 0 Å². The van der Waals surface area contributed by atoms with Crippen LogP contribution in [0.1, 0.15) is 60.8 Å². The molecule has 0 aromatic heterocycles. The fourth-order valence-electron chi connectivity index (χ4n) is 2.91. The number of hydrogen-bond acceptors (Lipinski definition) is 5. The van der Waals surface area contributed by atoms with E-state index in [4.69, 9.17) is 4.74 Å². The Bertz CT molecular complexity index is 652. The number of carbonyl (C=O) groups excluding carboxylic acids is 1. The summed E-state index contributed by atoms with van der Waals surface area (Å²) in [6.45, 7) is 10.7. The zero-order valence-corrected chi connectivity index (χ0v) is 17.3. The van der Waals surface area contributed by atoms with Gasteiger partial charge in [-0.25, -0.2) is 0 Å². The molecule has 152 valence electrons. The lowest BCUT2D eigenvalue weighted by Gasteiger charge is -2.18. The van der Waals surface area contributed by atoms with Crippen molar-refractivity contribution in [1.82, 2.24) is 0 Å². The molecule has 5 nitrogen and oxygen atoms in total. The molecule has 0 aromatic carbocycles. The number of allylic oxidation sites excluding steroid dienone is 4. The molecule has 1 aliphatic rings. The van der Waals surface area contributed by atoms with Crippen molar-refractivity contribution in [3.05, 3.63) is 46.8 Å². The summed E-state index contributed by atoms with van der Waals surface area (Å²) < 4.78 is 5.26. The van der Waals surface area contributed by atoms with Gasteiger partial charge in [-0.1, -0.05) is 36.8 Å². The predicted octanol–water partition coefficient (Wildman–Crippen LogP) is 3.57. The van der Waals surface area contributed by atoms with Crippen molar-refractivity contribution < 1.29 is 24.9 Å². The molecule has 3 N–H and O–H groups in total. The summed E-state index contributed by atoms with van der Waals surface area (Å²) >= 11 is 0. The Balaban J connectivity index is 2.50. The molecule has 0 amide bonds. The van der Waals surface area contributed by atoms with Crippen molar-refractivity contribution in [1.29, 1.82) is 0 Å². The highest BCUT2D eigenvalue weighted by atomic mass is 16.6. The van der Waals surface area contributed by atoms with Crippen LogP contribution >= 0.6 is 0 Å². The van der Waals surface area contributed by atoms with E-state index < -0.39 is 23.8 Å². The van der Waals surface area contributed by atoms with Crippen LogP contribution in [0.5, 0.6) is 0 Å². The first-order valence-electron chi connectivity index (χ1n) is 9.48. The van der Waals surface area contributed by atoms with Gasteiger partial charge in [0.2, 0.25) is 5.78 Å². The maximum atomic E-state index is 11.8. The van der Waals surface area contributed by atoms with E-state index in [1.165, 1.54) is 6.92 Å². The van der Waals surface area contributed by atoms with Gasteiger partial charge in [-0.3, -0.25) is 4.79 Å². The largest absolute Gasteiger partial charge is 0.459 e. The molecule has 0 bridgehead atoms. The zero-order chi connectivity index (χ0) is 20.8. The van der Waals surface area contributed by atoms with Crippen molar-refractivity contribution in [2.75, 3.05) is 0 Å². The molecule has 27 heavy (non-hydrogen) atoms. The molecule has 0 aromatic rings. The first-order valence-corrected chi connectivity index (χ1v) is 9.48. The molecule has 5 heteroatoms. The van der Waals surface area contributed by atoms with Gasteiger partial charge in [0.25, 0.3) is 5.79 Å². The quantitative estimate of drug-likeness (QED) is 0.422. The first kappa shape index (κ1) is 23.3. The molecule has 1 heterocycles. The van der Waals surface area contributed by atoms with Crippen molar-refractivity contribution in [2.45, 2.75) is 78.8 Å². The average molecular weight is 379 g/mol. The number of ether oxygens (including phenoxy) is 1. The molecule has 0 fully saturated rings. The van der Waals surface area contributed by atoms with Crippen LogP contribution in [0.2, 0.25) is 0 Å². The normalized spacial score (nSPS) is 25.1. The number of carbonyl (C=O) groups is 1. The Morgan fingerprint density at radius 1 is 1.30 bits per heavy atom. The van der Waals surface area contributed by atoms with Crippen molar-refractivity contribution in [3.8, 4) is 0 Å². The van der Waals surface area contributed by atoms with E-state index in [-0.39, 0.29) is 12.3 Å². The maximum Gasteiger partial charge on any atom is 0.269 e. The molecule has 0 unspecified atom stereocenters. The molecule has 0 saturated carbocycles. The van der Waals surface area contributed by atoms with E-state index in [9.17, 15) is 20.1 Å². The number of rotatable bonds is 9. The average Bonchev–Trinajstić information content (AvgIpc) is 2.80. The fourth-order valence-corrected chi connectivity index (χ4v) is 2.91. The molecular formula is C22H34O5. The Kier molecular flexibility index (Phi) is 8.66. The van der Waals surface area contributed by atoms with Gasteiger partial charge in [-0.15, -0.1) is 0 Å². The van der Waals surface area contributed by atoms with E-state index in [1.807, 2.05) is 52.0 Å². The summed E-state index contributed by atoms with van der Waals surface area (Å²) in [4.78, 5) is 11.8. The van der Waals surface area contributed by atoms with Crippen molar-refractivity contribution >= 4 is 5.78 Å². The number of ketones is 1. The van der Waals surface area contributed by atoms with Gasteiger partial charge in [0, 0.05) is 24.8 Å². The monoisotopic (exact) mass is 378 g/mol. The summed E-state index contributed by atoms with van der Waals surface area (Å²) in [6.07, 6.45) is 8.10. The van der Waals surface area contributed by atoms with E-state index in [0.29, 0.717) is 24.2 Å². The lowest BCUT2D eigenvalue weighted by atomic mass is 9.97. The van der Waals surface area contributed by atoms with Crippen LogP contribution in [0.15, 0.2) is 46.8 Å². The summed E-state index contributed by atoms with van der Waals surface area (Å²) in [5.74, 6) is -1.88. The van der Waals surface area contributed by atoms with Gasteiger partial charge < -0.3 is 20.1 Å². The smallest absolute Gasteiger partial charge is 0.269 e. The minimum Gasteiger partial charge on any atom is -0.459 e. The second kappa shape index (κ2) is 10.0. The summed E-state index contributed by atoms with van der Waals surface area (Å²) in [5, 5.41) is 30.2. The van der Waals surface area contributed by atoms with Crippen LogP contribution in [-0.4, -0.2) is 39.1 Å². The zero-order valence-electron chi connectivity index (χ0n) is 17.3. The van der Waals surface area contributed by atoms with Crippen molar-refractivity contribution in [3.63, 3.8) is 0 Å². The highest BCUT2D eigenvalue weighted by molar-refractivity contribution is 6.02. The van der Waals surface area contributed by atoms with Crippen LogP contribution in [0, 0.1) is 5.92 Å². The molecule has 0 aliphatic carbocycles. The topological polar surface area (TPSA) is 87.0 Å². The molecule has 4 atom stereocenters. The summed E-state index contributed by atoms with van der Waals surface area (Å²) in [7, 11) is 0. The summed E-state index contributed by atoms with van der Waals surface area (Å²) in [6, 6.07) is 0. The first-order chi connectivity index (χ1) is 12.5. The van der Waals surface area contributed by atoms with Crippen LogP contribution in [-0.2, 0) is 9.53 Å². The molecule has 0 radical (unpaired) electrons. The second-order valence-corrected chi connectivity index (χ2v) is 7.59. The Hall–Kier alpha value is -1.69. The third-order valence-corrected chi connectivity index (χ3v) is 5.01. The third kappa shape index (κ3) is 6.76. The molecule has 1 rings (SSSR count). The van der Waals surface area contributed by atoms with Crippen LogP contribution in [0.25, 0.3) is 0 Å². The fraction of sp³-hybridized carbons (Fsp3) is 0.591. The van der Waals surface area contributed by atoms with Crippen LogP contribution in [0.4, 0.5) is 0 Å². The van der Waals surface area contributed by atoms with Crippen molar-refractivity contribution in [2.24, 2.45) is 5.92 Å². The second-order valence-electron chi connectivity index (χ2n) is 7.59. The van der Waals surface area contributed by atoms with E-state index in [2.05, 4.69) is 0 Å². The van der Waals surface area contributed by atoms with Gasteiger partial charge in [0.15, 0.2) is 0 Å². The SMILES string of the molecule is C/C=C(\C)[C@H](O)[C@@H](C)/C=C/C=C(\C)CC[C@H](O)CC1=C(C)C(=O)[C@@](C)(O)O1. The van der Waals surface area contributed by atoms with Gasteiger partial charge in [0.05, 0.1) is 12.2 Å². The molecular weight excluding hydrogens is 344 g/mol. The highest BCUT2D eigenvalue weighted by Crippen LogP contribution is 2.31. The standard InChI is InChI=1S/C22H34O5/c1-7-15(3)20(24)16(4)10-8-9-14(2)11-12-18(23)13-19-17(5)21(25)22(6,26)27-19/h7-10,16,18,20,23-24,26H,11-13H2,1-6H3/b10-8+,14-9+,15-7+/t16-,18-,20-,22-/m0/s1. The highest BCUT2D eigenvalue weighted by Gasteiger charge is 2.42. The lowest BCUT2D eigenvalue weighted by molar-refractivity contribution is -0.171. The van der Waals surface area contributed by atoms with Gasteiger partial charge in [-0.2, -0.15) is 0 Å². The van der Waals surface area contributed by atoms with Gasteiger partial charge >= 0.3 is 0 Å². The number of aliphatic hydroxyl groups excluding tert-OH is 2. The van der Waals surface area contributed by atoms with Gasteiger partial charge in [0.1, 0.15) is 5.76 Å². The molecule has 0 saturated heterocycles. The minimum atomic E-state index is -1.81. The third-order valence-electron chi connectivity index (χ3n) is 5.01. The minimum absolute atomic E-state index is 0.0237. The predicted molar refractivity (Wildman–Crippen MR) is 107 cm³/mol. The van der Waals surface area contributed by atoms with E-state index in [0.717, 1.165) is 11.1 Å². The van der Waals surface area contributed by atoms with Crippen LogP contribution < -0.4 is 0 Å². The Morgan fingerprint density at radius 3 is 2.44 bits per heavy atom. The number of aliphatic hydroxyl groups is 3. The molecule has 0 spiro atoms. The Labute approximate surface area is 162 Å². The van der Waals surface area contributed by atoms with E-state index >= 15 is 0 Å². The summed E-state index contributed by atoms with van der Waals surface area (Å²) in [5.41, 5.74) is 2.43. The number of hydrogen-bond donors (Lipinski definition) is 3. The van der Waals surface area contributed by atoms with E-state index in [1.54, 1.807) is 6.92 Å². The maximum absolute atomic E-state index is 11.8. The number of Topliss-reactive ketones (excluding diaryl/α,β-unsaturated/α-hetero) is 1. The lowest BCUT2D eigenvalue weighted by Crippen LogP contribution is -2.32.